The third-order valence-electron chi connectivity index (χ3n) is 3.66. The Kier molecular flexibility index (Phi) is 5.67. The molecule has 0 aliphatic carbocycles. The van der Waals surface area contributed by atoms with Crippen LogP contribution in [0.15, 0.2) is 35.9 Å². The molecule has 0 amide bonds. The molecule has 0 aliphatic rings. The highest BCUT2D eigenvalue weighted by Gasteiger charge is 2.13. The van der Waals surface area contributed by atoms with Gasteiger partial charge in [0, 0.05) is 43.1 Å². The monoisotopic (exact) mass is 362 g/mol. The third kappa shape index (κ3) is 4.18. The number of hydrogen-bond acceptors (Lipinski definition) is 6. The zero-order chi connectivity index (χ0) is 17.6. The normalized spacial score (nSPS) is 11.0. The fourth-order valence-electron chi connectivity index (χ4n) is 2.34. The number of aromatic nitrogens is 5. The van der Waals surface area contributed by atoms with E-state index in [0.29, 0.717) is 23.6 Å². The maximum atomic E-state index is 14.3. The molecule has 0 saturated carbocycles. The van der Waals surface area contributed by atoms with Crippen molar-refractivity contribution in [3.8, 4) is 17.0 Å². The summed E-state index contributed by atoms with van der Waals surface area (Å²) in [6.45, 7) is 1.38. The lowest BCUT2D eigenvalue weighted by Gasteiger charge is -2.08. The molecule has 132 valence electrons. The lowest BCUT2D eigenvalue weighted by molar-refractivity contribution is 0.411. The van der Waals surface area contributed by atoms with Gasteiger partial charge in [0.15, 0.2) is 5.16 Å². The van der Waals surface area contributed by atoms with E-state index in [0.717, 1.165) is 23.0 Å². The van der Waals surface area contributed by atoms with Gasteiger partial charge in [-0.1, -0.05) is 11.8 Å². The van der Waals surface area contributed by atoms with E-state index < -0.39 is 0 Å². The van der Waals surface area contributed by atoms with Gasteiger partial charge in [-0.2, -0.15) is 5.10 Å². The lowest BCUT2D eigenvalue weighted by atomic mass is 10.1. The Morgan fingerprint density at radius 1 is 1.40 bits per heavy atom. The van der Waals surface area contributed by atoms with Crippen LogP contribution in [-0.2, 0) is 13.6 Å². The Morgan fingerprint density at radius 3 is 3.00 bits per heavy atom. The van der Waals surface area contributed by atoms with Crippen molar-refractivity contribution in [2.45, 2.75) is 11.7 Å². The number of benzene rings is 1. The molecule has 0 radical (unpaired) electrons. The molecular weight excluding hydrogens is 343 g/mol. The lowest BCUT2D eigenvalue weighted by Crippen LogP contribution is -2.17. The van der Waals surface area contributed by atoms with E-state index in [2.05, 4.69) is 25.7 Å². The van der Waals surface area contributed by atoms with Gasteiger partial charge in [0.2, 0.25) is 0 Å². The molecule has 0 aliphatic heterocycles. The number of nitrogens with zero attached hydrogens (tertiary/aromatic N) is 4. The zero-order valence-electron chi connectivity index (χ0n) is 14.0. The van der Waals surface area contributed by atoms with E-state index in [1.165, 1.54) is 13.2 Å². The summed E-state index contributed by atoms with van der Waals surface area (Å²) in [6.07, 6.45) is 3.39. The van der Waals surface area contributed by atoms with Crippen LogP contribution >= 0.6 is 11.8 Å². The van der Waals surface area contributed by atoms with Gasteiger partial charge in [-0.15, -0.1) is 10.2 Å². The van der Waals surface area contributed by atoms with Gasteiger partial charge in [-0.05, 0) is 12.1 Å². The number of halogens is 1. The number of thioether (sulfide) groups is 1. The molecular formula is C16H19FN6OS. The van der Waals surface area contributed by atoms with E-state index in [1.54, 1.807) is 36.4 Å². The van der Waals surface area contributed by atoms with Crippen LogP contribution < -0.4 is 10.1 Å². The fourth-order valence-corrected chi connectivity index (χ4v) is 3.13. The number of aromatic amines is 1. The van der Waals surface area contributed by atoms with Crippen molar-refractivity contribution in [2.24, 2.45) is 7.05 Å². The summed E-state index contributed by atoms with van der Waals surface area (Å²) in [5, 5.41) is 19.0. The molecule has 2 aromatic heterocycles. The molecule has 0 bridgehead atoms. The van der Waals surface area contributed by atoms with E-state index in [9.17, 15) is 4.39 Å². The molecule has 2 heterocycles. The van der Waals surface area contributed by atoms with Crippen LogP contribution in [0.5, 0.6) is 5.75 Å². The van der Waals surface area contributed by atoms with Gasteiger partial charge in [-0.3, -0.25) is 5.10 Å². The number of nitrogens with one attached hydrogen (secondary N) is 2. The Morgan fingerprint density at radius 2 is 2.28 bits per heavy atom. The van der Waals surface area contributed by atoms with Gasteiger partial charge in [-0.25, -0.2) is 4.39 Å². The van der Waals surface area contributed by atoms with Gasteiger partial charge in [0.1, 0.15) is 17.9 Å². The average molecular weight is 362 g/mol. The van der Waals surface area contributed by atoms with E-state index in [-0.39, 0.29) is 5.82 Å². The van der Waals surface area contributed by atoms with Crippen LogP contribution in [0.3, 0.4) is 0 Å². The van der Waals surface area contributed by atoms with Crippen molar-refractivity contribution < 1.29 is 9.13 Å². The Labute approximate surface area is 149 Å². The minimum absolute atomic E-state index is 0.345. The van der Waals surface area contributed by atoms with E-state index in [4.69, 9.17) is 4.74 Å². The molecule has 1 aromatic carbocycles. The highest BCUT2D eigenvalue weighted by atomic mass is 32.2. The quantitative estimate of drug-likeness (QED) is 0.472. The summed E-state index contributed by atoms with van der Waals surface area (Å²) in [6, 6.07) is 4.79. The topological polar surface area (TPSA) is 80.7 Å². The van der Waals surface area contributed by atoms with Gasteiger partial charge < -0.3 is 14.6 Å². The van der Waals surface area contributed by atoms with Crippen molar-refractivity contribution >= 4 is 11.8 Å². The number of ether oxygens (including phenoxy) is 1. The average Bonchev–Trinajstić information content (AvgIpc) is 3.23. The molecule has 0 saturated heterocycles. The summed E-state index contributed by atoms with van der Waals surface area (Å²) >= 11 is 1.63. The summed E-state index contributed by atoms with van der Waals surface area (Å²) in [7, 11) is 3.43. The van der Waals surface area contributed by atoms with Crippen LogP contribution in [-0.4, -0.2) is 44.4 Å². The first-order valence-electron chi connectivity index (χ1n) is 7.72. The Balaban J connectivity index is 1.56. The highest BCUT2D eigenvalue weighted by molar-refractivity contribution is 7.99. The number of methoxy groups -OCH3 is 1. The summed E-state index contributed by atoms with van der Waals surface area (Å²) in [4.78, 5) is 0. The van der Waals surface area contributed by atoms with Crippen LogP contribution in [0.2, 0.25) is 0 Å². The summed E-state index contributed by atoms with van der Waals surface area (Å²) in [5.74, 6) is 1.00. The first-order valence-corrected chi connectivity index (χ1v) is 8.71. The second-order valence-electron chi connectivity index (χ2n) is 5.37. The second kappa shape index (κ2) is 8.13. The smallest absolute Gasteiger partial charge is 0.190 e. The minimum Gasteiger partial charge on any atom is -0.497 e. The fraction of sp³-hybridized carbons (Fsp3) is 0.312. The number of H-pyrrole nitrogens is 1. The third-order valence-corrected chi connectivity index (χ3v) is 4.69. The van der Waals surface area contributed by atoms with Gasteiger partial charge in [0.05, 0.1) is 19.0 Å². The Hall–Kier alpha value is -2.39. The predicted molar refractivity (Wildman–Crippen MR) is 94.0 cm³/mol. The van der Waals surface area contributed by atoms with Crippen LogP contribution in [0.4, 0.5) is 4.39 Å². The zero-order valence-corrected chi connectivity index (χ0v) is 14.8. The molecule has 0 spiro atoms. The summed E-state index contributed by atoms with van der Waals surface area (Å²) < 4.78 is 21.2. The minimum atomic E-state index is -0.345. The molecule has 3 rings (SSSR count). The summed E-state index contributed by atoms with van der Waals surface area (Å²) in [5.41, 5.74) is 2.06. The standard InChI is InChI=1S/C16H19FN6OS/c1-23-10-20-22-16(23)25-6-5-18-8-11-9-19-21-15(11)13-4-3-12(24-2)7-14(13)17/h3-4,7,9-10,18H,5-6,8H2,1-2H3,(H,19,21). The maximum Gasteiger partial charge on any atom is 0.190 e. The molecule has 25 heavy (non-hydrogen) atoms. The first-order chi connectivity index (χ1) is 12.2. The molecule has 0 fully saturated rings. The highest BCUT2D eigenvalue weighted by Crippen LogP contribution is 2.27. The van der Waals surface area contributed by atoms with Crippen LogP contribution in [0.25, 0.3) is 11.3 Å². The van der Waals surface area contributed by atoms with Crippen LogP contribution in [0.1, 0.15) is 5.56 Å². The second-order valence-corrected chi connectivity index (χ2v) is 6.43. The molecule has 0 unspecified atom stereocenters. The van der Waals surface area contributed by atoms with Crippen LogP contribution in [0, 0.1) is 5.82 Å². The van der Waals surface area contributed by atoms with Crippen molar-refractivity contribution in [3.05, 3.63) is 42.1 Å². The van der Waals surface area contributed by atoms with Gasteiger partial charge >= 0.3 is 0 Å². The number of hydrogen-bond donors (Lipinski definition) is 2. The molecule has 3 aromatic rings. The van der Waals surface area contributed by atoms with Crippen molar-refractivity contribution in [1.82, 2.24) is 30.3 Å². The van der Waals surface area contributed by atoms with Crippen molar-refractivity contribution in [1.29, 1.82) is 0 Å². The van der Waals surface area contributed by atoms with E-state index in [1.807, 2.05) is 11.6 Å². The largest absolute Gasteiger partial charge is 0.497 e. The first kappa shape index (κ1) is 17.4. The van der Waals surface area contributed by atoms with Gasteiger partial charge in [0.25, 0.3) is 0 Å². The van der Waals surface area contributed by atoms with Crippen molar-refractivity contribution in [2.75, 3.05) is 19.4 Å². The SMILES string of the molecule is COc1ccc(-c2[nH]ncc2CNCCSc2nncn2C)c(F)c1. The number of rotatable bonds is 8. The van der Waals surface area contributed by atoms with Crippen molar-refractivity contribution in [3.63, 3.8) is 0 Å². The maximum absolute atomic E-state index is 14.3. The molecule has 7 nitrogen and oxygen atoms in total. The molecule has 2 N–H and O–H groups in total. The number of aryl methyl sites for hydroxylation is 1. The molecule has 9 heteroatoms. The Bertz CT molecular complexity index is 834. The predicted octanol–water partition coefficient (Wildman–Crippen LogP) is 2.23. The molecule has 0 atom stereocenters. The van der Waals surface area contributed by atoms with E-state index >= 15 is 0 Å².